The van der Waals surface area contributed by atoms with Gasteiger partial charge in [0.1, 0.15) is 5.75 Å². The molecule has 12 heavy (non-hydrogen) atoms. The van der Waals surface area contributed by atoms with Gasteiger partial charge in [-0.15, -0.1) is 0 Å². The molecule has 0 fully saturated rings. The third kappa shape index (κ3) is 2.42. The van der Waals surface area contributed by atoms with Crippen LogP contribution in [0.15, 0.2) is 24.8 Å². The lowest BCUT2D eigenvalue weighted by molar-refractivity contribution is 0.317. The van der Waals surface area contributed by atoms with Gasteiger partial charge in [-0.05, 0) is 36.2 Å². The zero-order valence-corrected chi connectivity index (χ0v) is 7.34. The Morgan fingerprint density at radius 1 is 1.58 bits per heavy atom. The molecule has 0 aromatic heterocycles. The van der Waals surface area contributed by atoms with E-state index in [9.17, 15) is 0 Å². The SMILES string of the molecule is C=Cc1c[c]cc(OCCC)c1. The van der Waals surface area contributed by atoms with Crippen molar-refractivity contribution < 1.29 is 4.74 Å². The second kappa shape index (κ2) is 4.60. The van der Waals surface area contributed by atoms with Crippen molar-refractivity contribution in [3.63, 3.8) is 0 Å². The van der Waals surface area contributed by atoms with Gasteiger partial charge >= 0.3 is 0 Å². The second-order valence-corrected chi connectivity index (χ2v) is 2.55. The van der Waals surface area contributed by atoms with Crippen molar-refractivity contribution in [1.82, 2.24) is 0 Å². The van der Waals surface area contributed by atoms with E-state index in [-0.39, 0.29) is 0 Å². The molecule has 0 spiro atoms. The van der Waals surface area contributed by atoms with Crippen LogP contribution >= 0.6 is 0 Å². The van der Waals surface area contributed by atoms with E-state index in [1.807, 2.05) is 18.2 Å². The molecule has 1 rings (SSSR count). The van der Waals surface area contributed by atoms with Crippen molar-refractivity contribution in [2.45, 2.75) is 13.3 Å². The summed E-state index contributed by atoms with van der Waals surface area (Å²) in [5.41, 5.74) is 1.05. The quantitative estimate of drug-likeness (QED) is 0.659. The van der Waals surface area contributed by atoms with E-state index in [1.54, 1.807) is 6.08 Å². The minimum absolute atomic E-state index is 0.758. The average molecular weight is 161 g/mol. The number of hydrogen-bond donors (Lipinski definition) is 0. The Kier molecular flexibility index (Phi) is 3.39. The van der Waals surface area contributed by atoms with E-state index >= 15 is 0 Å². The first-order valence-electron chi connectivity index (χ1n) is 4.13. The smallest absolute Gasteiger partial charge is 0.120 e. The molecular weight excluding hydrogens is 148 g/mol. The topological polar surface area (TPSA) is 9.23 Å². The lowest BCUT2D eigenvalue weighted by Crippen LogP contribution is -1.94. The van der Waals surface area contributed by atoms with E-state index < -0.39 is 0 Å². The first-order valence-corrected chi connectivity index (χ1v) is 4.13. The predicted molar refractivity (Wildman–Crippen MR) is 51.2 cm³/mol. The summed E-state index contributed by atoms with van der Waals surface area (Å²) in [5, 5.41) is 0. The number of hydrogen-bond acceptors (Lipinski definition) is 1. The van der Waals surface area contributed by atoms with Crippen LogP contribution in [0.3, 0.4) is 0 Å². The maximum Gasteiger partial charge on any atom is 0.120 e. The minimum atomic E-state index is 0.758. The first-order chi connectivity index (χ1) is 5.86. The summed E-state index contributed by atoms with van der Waals surface area (Å²) in [4.78, 5) is 0. The molecule has 1 heteroatoms. The summed E-state index contributed by atoms with van der Waals surface area (Å²) in [6.07, 6.45) is 2.81. The molecule has 1 aromatic rings. The fourth-order valence-electron chi connectivity index (χ4n) is 0.889. The normalized spacial score (nSPS) is 9.42. The van der Waals surface area contributed by atoms with E-state index in [1.165, 1.54) is 0 Å². The van der Waals surface area contributed by atoms with Gasteiger partial charge < -0.3 is 4.74 Å². The van der Waals surface area contributed by atoms with Gasteiger partial charge in [0, 0.05) is 0 Å². The molecule has 63 valence electrons. The fraction of sp³-hybridized carbons (Fsp3) is 0.273. The predicted octanol–water partition coefficient (Wildman–Crippen LogP) is 2.92. The van der Waals surface area contributed by atoms with Gasteiger partial charge in [-0.25, -0.2) is 0 Å². The Morgan fingerprint density at radius 2 is 2.42 bits per heavy atom. The second-order valence-electron chi connectivity index (χ2n) is 2.55. The lowest BCUT2D eigenvalue weighted by Gasteiger charge is -2.03. The molecule has 0 N–H and O–H groups in total. The summed E-state index contributed by atoms with van der Waals surface area (Å²) in [7, 11) is 0. The molecule has 0 heterocycles. The summed E-state index contributed by atoms with van der Waals surface area (Å²) in [6.45, 7) is 6.52. The van der Waals surface area contributed by atoms with Crippen molar-refractivity contribution in [2.75, 3.05) is 6.61 Å². The van der Waals surface area contributed by atoms with Crippen molar-refractivity contribution in [3.05, 3.63) is 36.4 Å². The first kappa shape index (κ1) is 8.85. The summed E-state index contributed by atoms with van der Waals surface area (Å²) < 4.78 is 5.42. The van der Waals surface area contributed by atoms with Crippen LogP contribution in [-0.4, -0.2) is 6.61 Å². The summed E-state index contributed by atoms with van der Waals surface area (Å²) >= 11 is 0. The zero-order valence-electron chi connectivity index (χ0n) is 7.34. The third-order valence-electron chi connectivity index (χ3n) is 1.49. The van der Waals surface area contributed by atoms with Gasteiger partial charge in [0.05, 0.1) is 6.61 Å². The molecule has 0 atom stereocenters. The van der Waals surface area contributed by atoms with E-state index in [0.717, 1.165) is 24.3 Å². The molecular formula is C11H13O. The highest BCUT2D eigenvalue weighted by molar-refractivity contribution is 5.49. The molecule has 0 aliphatic rings. The molecule has 0 aliphatic carbocycles. The van der Waals surface area contributed by atoms with E-state index in [2.05, 4.69) is 19.6 Å². The maximum absolute atomic E-state index is 5.42. The average Bonchev–Trinajstić information content (AvgIpc) is 2.15. The fourth-order valence-corrected chi connectivity index (χ4v) is 0.889. The zero-order chi connectivity index (χ0) is 8.81. The van der Waals surface area contributed by atoms with Crippen molar-refractivity contribution >= 4 is 6.08 Å². The molecule has 0 aliphatic heterocycles. The molecule has 0 saturated heterocycles. The molecule has 1 nitrogen and oxygen atoms in total. The Bertz CT molecular complexity index is 253. The molecule has 0 bridgehead atoms. The number of rotatable bonds is 4. The van der Waals surface area contributed by atoms with E-state index in [4.69, 9.17) is 4.74 Å². The van der Waals surface area contributed by atoms with Crippen LogP contribution in [0.4, 0.5) is 0 Å². The van der Waals surface area contributed by atoms with Crippen molar-refractivity contribution in [1.29, 1.82) is 0 Å². The number of benzene rings is 1. The van der Waals surface area contributed by atoms with Gasteiger partial charge in [-0.2, -0.15) is 0 Å². The Balaban J connectivity index is 2.66. The highest BCUT2D eigenvalue weighted by Crippen LogP contribution is 2.13. The lowest BCUT2D eigenvalue weighted by atomic mass is 10.2. The Hall–Kier alpha value is -1.24. The highest BCUT2D eigenvalue weighted by Gasteiger charge is 1.92. The summed E-state index contributed by atoms with van der Waals surface area (Å²) in [6, 6.07) is 8.67. The molecule has 1 aromatic carbocycles. The van der Waals surface area contributed by atoms with Gasteiger partial charge in [-0.1, -0.05) is 19.6 Å². The van der Waals surface area contributed by atoms with Crippen LogP contribution in [0.5, 0.6) is 5.75 Å². The molecule has 0 unspecified atom stereocenters. The monoisotopic (exact) mass is 161 g/mol. The van der Waals surface area contributed by atoms with Crippen LogP contribution in [0, 0.1) is 6.07 Å². The van der Waals surface area contributed by atoms with Crippen LogP contribution in [0.1, 0.15) is 18.9 Å². The number of ether oxygens (including phenoxy) is 1. The minimum Gasteiger partial charge on any atom is -0.494 e. The van der Waals surface area contributed by atoms with Crippen LogP contribution < -0.4 is 4.74 Å². The molecule has 1 radical (unpaired) electrons. The standard InChI is InChI=1S/C11H13O/c1-3-8-12-11-7-5-6-10(4-2)9-11/h4,6-7,9H,2-3,8H2,1H3. The van der Waals surface area contributed by atoms with Gasteiger partial charge in [0.15, 0.2) is 0 Å². The third-order valence-corrected chi connectivity index (χ3v) is 1.49. The van der Waals surface area contributed by atoms with E-state index in [0.29, 0.717) is 0 Å². The maximum atomic E-state index is 5.42. The molecule has 0 amide bonds. The highest BCUT2D eigenvalue weighted by atomic mass is 16.5. The van der Waals surface area contributed by atoms with Crippen molar-refractivity contribution in [2.24, 2.45) is 0 Å². The summed E-state index contributed by atoms with van der Waals surface area (Å²) in [5.74, 6) is 0.870. The van der Waals surface area contributed by atoms with Crippen LogP contribution in [-0.2, 0) is 0 Å². The van der Waals surface area contributed by atoms with Crippen molar-refractivity contribution in [3.8, 4) is 5.75 Å². The van der Waals surface area contributed by atoms with Crippen LogP contribution in [0.25, 0.3) is 6.08 Å². The van der Waals surface area contributed by atoms with Crippen LogP contribution in [0.2, 0.25) is 0 Å². The Morgan fingerprint density at radius 3 is 3.08 bits per heavy atom. The Labute approximate surface area is 73.7 Å². The van der Waals surface area contributed by atoms with Gasteiger partial charge in [0.25, 0.3) is 0 Å². The molecule has 0 saturated carbocycles. The van der Waals surface area contributed by atoms with Gasteiger partial charge in [0.2, 0.25) is 0 Å². The van der Waals surface area contributed by atoms with Gasteiger partial charge in [-0.3, -0.25) is 0 Å². The largest absolute Gasteiger partial charge is 0.494 e.